The van der Waals surface area contributed by atoms with E-state index in [1.54, 1.807) is 55.5 Å². The van der Waals surface area contributed by atoms with Crippen LogP contribution >= 0.6 is 11.6 Å². The average molecular weight is 323 g/mol. The number of benzene rings is 2. The summed E-state index contributed by atoms with van der Waals surface area (Å²) in [5.74, 6) is -0.265. The molecular weight excluding hydrogens is 308 g/mol. The van der Waals surface area contributed by atoms with Crippen molar-refractivity contribution in [3.8, 4) is 0 Å². The third-order valence-corrected chi connectivity index (χ3v) is 4.38. The van der Waals surface area contributed by atoms with Gasteiger partial charge in [0, 0.05) is 28.0 Å². The number of nitrogens with one attached hydrogen (secondary N) is 1. The van der Waals surface area contributed by atoms with Gasteiger partial charge in [-0.15, -0.1) is 0 Å². The largest absolute Gasteiger partial charge is 0.606 e. The van der Waals surface area contributed by atoms with Gasteiger partial charge in [-0.3, -0.25) is 4.79 Å². The monoisotopic (exact) mass is 322 g/mol. The van der Waals surface area contributed by atoms with Gasteiger partial charge in [0.2, 0.25) is 5.91 Å². The van der Waals surface area contributed by atoms with Crippen LogP contribution in [-0.2, 0) is 16.0 Å². The fourth-order valence-electron chi connectivity index (χ4n) is 1.64. The van der Waals surface area contributed by atoms with Gasteiger partial charge in [-0.2, -0.15) is 0 Å². The van der Waals surface area contributed by atoms with Gasteiger partial charge in [0.15, 0.2) is 9.79 Å². The standard InChI is InChI=1S/C15H15ClN2O2S/c1-10(17)15(19)18-12-5-7-13(8-6-12)21(20)14-4-2-3-11(16)9-14/h2-10H,17H2,1H3,(H,18,19). The lowest BCUT2D eigenvalue weighted by molar-refractivity contribution is -0.117. The number of amides is 1. The summed E-state index contributed by atoms with van der Waals surface area (Å²) in [6.07, 6.45) is 0. The van der Waals surface area contributed by atoms with Gasteiger partial charge in [-0.05, 0) is 43.3 Å². The maximum Gasteiger partial charge on any atom is 0.240 e. The van der Waals surface area contributed by atoms with Crippen molar-refractivity contribution >= 4 is 34.4 Å². The average Bonchev–Trinajstić information content (AvgIpc) is 2.47. The van der Waals surface area contributed by atoms with E-state index >= 15 is 0 Å². The lowest BCUT2D eigenvalue weighted by Crippen LogP contribution is -2.32. The van der Waals surface area contributed by atoms with Gasteiger partial charge in [0.25, 0.3) is 0 Å². The molecule has 0 radical (unpaired) electrons. The number of anilines is 1. The molecule has 2 unspecified atom stereocenters. The highest BCUT2D eigenvalue weighted by Crippen LogP contribution is 2.24. The molecule has 2 aromatic rings. The maximum atomic E-state index is 12.4. The van der Waals surface area contributed by atoms with Crippen LogP contribution in [0.4, 0.5) is 5.69 Å². The summed E-state index contributed by atoms with van der Waals surface area (Å²) in [6.45, 7) is 1.61. The van der Waals surface area contributed by atoms with Crippen molar-refractivity contribution in [2.75, 3.05) is 5.32 Å². The highest BCUT2D eigenvalue weighted by atomic mass is 35.5. The Balaban J connectivity index is 2.13. The van der Waals surface area contributed by atoms with Gasteiger partial charge in [0.05, 0.1) is 6.04 Å². The minimum atomic E-state index is -1.31. The number of hydrogen-bond acceptors (Lipinski definition) is 3. The van der Waals surface area contributed by atoms with E-state index in [-0.39, 0.29) is 5.91 Å². The van der Waals surface area contributed by atoms with Crippen LogP contribution in [0.25, 0.3) is 0 Å². The quantitative estimate of drug-likeness (QED) is 0.850. The first kappa shape index (κ1) is 15.9. The highest BCUT2D eigenvalue weighted by Gasteiger charge is 2.15. The Labute approximate surface area is 131 Å². The molecule has 0 aromatic heterocycles. The summed E-state index contributed by atoms with van der Waals surface area (Å²) < 4.78 is 12.4. The van der Waals surface area contributed by atoms with Crippen LogP contribution in [0.3, 0.4) is 0 Å². The topological polar surface area (TPSA) is 78.2 Å². The summed E-state index contributed by atoms with van der Waals surface area (Å²) in [4.78, 5) is 12.7. The van der Waals surface area contributed by atoms with E-state index in [0.717, 1.165) is 0 Å². The molecule has 0 fully saturated rings. The van der Waals surface area contributed by atoms with Crippen molar-refractivity contribution in [2.45, 2.75) is 22.8 Å². The van der Waals surface area contributed by atoms with Crippen molar-refractivity contribution in [3.63, 3.8) is 0 Å². The van der Waals surface area contributed by atoms with Crippen LogP contribution in [-0.4, -0.2) is 16.5 Å². The number of carbonyl (C=O) groups is 1. The van der Waals surface area contributed by atoms with Crippen molar-refractivity contribution in [2.24, 2.45) is 5.73 Å². The Kier molecular flexibility index (Phi) is 5.25. The Hall–Kier alpha value is -1.53. The zero-order valence-electron chi connectivity index (χ0n) is 11.4. The second kappa shape index (κ2) is 6.95. The van der Waals surface area contributed by atoms with E-state index < -0.39 is 17.2 Å². The summed E-state index contributed by atoms with van der Waals surface area (Å²) in [7, 11) is 0. The number of rotatable bonds is 4. The SMILES string of the molecule is CC(N)C(=O)Nc1ccc([S+]([O-])c2cccc(Cl)c2)cc1. The van der Waals surface area contributed by atoms with E-state index in [1.807, 2.05) is 0 Å². The molecule has 2 atom stereocenters. The van der Waals surface area contributed by atoms with Crippen molar-refractivity contribution in [1.29, 1.82) is 0 Å². The Bertz CT molecular complexity index is 632. The molecule has 110 valence electrons. The minimum Gasteiger partial charge on any atom is -0.606 e. The number of halogens is 1. The van der Waals surface area contributed by atoms with Crippen LogP contribution in [0.15, 0.2) is 58.3 Å². The van der Waals surface area contributed by atoms with Gasteiger partial charge in [0.1, 0.15) is 0 Å². The van der Waals surface area contributed by atoms with Crippen molar-refractivity contribution < 1.29 is 9.35 Å². The third-order valence-electron chi connectivity index (χ3n) is 2.76. The van der Waals surface area contributed by atoms with E-state index in [1.165, 1.54) is 0 Å². The van der Waals surface area contributed by atoms with Gasteiger partial charge >= 0.3 is 0 Å². The van der Waals surface area contributed by atoms with Crippen LogP contribution in [0, 0.1) is 0 Å². The molecule has 0 aliphatic heterocycles. The molecule has 0 aliphatic rings. The molecule has 0 heterocycles. The highest BCUT2D eigenvalue weighted by molar-refractivity contribution is 7.91. The lowest BCUT2D eigenvalue weighted by atomic mass is 10.3. The summed E-state index contributed by atoms with van der Waals surface area (Å²) >= 11 is 4.59. The first-order valence-electron chi connectivity index (χ1n) is 6.31. The first-order chi connectivity index (χ1) is 9.97. The first-order valence-corrected chi connectivity index (χ1v) is 7.84. The predicted octanol–water partition coefficient (Wildman–Crippen LogP) is 2.79. The van der Waals surface area contributed by atoms with Crippen molar-refractivity contribution in [3.05, 3.63) is 53.6 Å². The van der Waals surface area contributed by atoms with Crippen LogP contribution in [0.5, 0.6) is 0 Å². The fourth-order valence-corrected chi connectivity index (χ4v) is 2.98. The molecule has 0 spiro atoms. The molecule has 21 heavy (non-hydrogen) atoms. The molecule has 4 nitrogen and oxygen atoms in total. The van der Waals surface area contributed by atoms with E-state index in [9.17, 15) is 9.35 Å². The Morgan fingerprint density at radius 2 is 1.90 bits per heavy atom. The normalized spacial score (nSPS) is 13.5. The molecule has 2 aromatic carbocycles. The zero-order valence-corrected chi connectivity index (χ0v) is 12.9. The molecule has 6 heteroatoms. The molecule has 2 rings (SSSR count). The molecule has 0 bridgehead atoms. The number of carbonyl (C=O) groups excluding carboxylic acids is 1. The summed E-state index contributed by atoms with van der Waals surface area (Å²) in [6, 6.07) is 13.1. The van der Waals surface area contributed by atoms with Gasteiger partial charge in [-0.1, -0.05) is 17.7 Å². The van der Waals surface area contributed by atoms with Gasteiger partial charge < -0.3 is 15.6 Å². The molecule has 1 amide bonds. The lowest BCUT2D eigenvalue weighted by Gasteiger charge is -2.11. The van der Waals surface area contributed by atoms with E-state index in [4.69, 9.17) is 17.3 Å². The molecule has 0 saturated carbocycles. The summed E-state index contributed by atoms with van der Waals surface area (Å²) in [5.41, 5.74) is 6.09. The number of hydrogen-bond donors (Lipinski definition) is 2. The molecule has 0 saturated heterocycles. The molecule has 0 aliphatic carbocycles. The Morgan fingerprint density at radius 3 is 2.48 bits per heavy atom. The third kappa shape index (κ3) is 4.22. The second-order valence-electron chi connectivity index (χ2n) is 4.53. The van der Waals surface area contributed by atoms with Crippen LogP contribution in [0.2, 0.25) is 5.02 Å². The fraction of sp³-hybridized carbons (Fsp3) is 0.133. The smallest absolute Gasteiger partial charge is 0.240 e. The minimum absolute atomic E-state index is 0.265. The molecule has 3 N–H and O–H groups in total. The predicted molar refractivity (Wildman–Crippen MR) is 84.8 cm³/mol. The second-order valence-corrected chi connectivity index (χ2v) is 6.45. The van der Waals surface area contributed by atoms with Crippen LogP contribution in [0.1, 0.15) is 6.92 Å². The van der Waals surface area contributed by atoms with Crippen molar-refractivity contribution in [1.82, 2.24) is 0 Å². The van der Waals surface area contributed by atoms with Gasteiger partial charge in [-0.25, -0.2) is 0 Å². The maximum absolute atomic E-state index is 12.4. The summed E-state index contributed by atoms with van der Waals surface area (Å²) in [5, 5.41) is 3.22. The number of nitrogens with two attached hydrogens (primary N) is 1. The zero-order chi connectivity index (χ0) is 15.4. The molecular formula is C15H15ClN2O2S. The van der Waals surface area contributed by atoms with E-state index in [0.29, 0.717) is 20.5 Å². The van der Waals surface area contributed by atoms with E-state index in [2.05, 4.69) is 5.32 Å². The van der Waals surface area contributed by atoms with Crippen LogP contribution < -0.4 is 11.1 Å². The Morgan fingerprint density at radius 1 is 1.24 bits per heavy atom.